The van der Waals surface area contributed by atoms with Crippen molar-refractivity contribution >= 4 is 23.3 Å². The van der Waals surface area contributed by atoms with Gasteiger partial charge in [-0.15, -0.1) is 0 Å². The number of carbonyl (C=O) groups excluding carboxylic acids is 2. The molecule has 0 saturated heterocycles. The Kier molecular flexibility index (Phi) is 8.98. The van der Waals surface area contributed by atoms with Crippen molar-refractivity contribution in [3.05, 3.63) is 54.1 Å². The van der Waals surface area contributed by atoms with Crippen molar-refractivity contribution in [1.29, 1.82) is 0 Å². The first-order valence-corrected chi connectivity index (χ1v) is 9.97. The van der Waals surface area contributed by atoms with Crippen LogP contribution in [-0.2, 0) is 0 Å². The normalized spacial score (nSPS) is 10.5. The molecule has 0 aliphatic carbocycles. The second-order valence-corrected chi connectivity index (χ2v) is 6.37. The van der Waals surface area contributed by atoms with E-state index in [9.17, 15) is 9.59 Å². The molecule has 2 aromatic carbocycles. The van der Waals surface area contributed by atoms with E-state index in [-0.39, 0.29) is 11.9 Å². The summed E-state index contributed by atoms with van der Waals surface area (Å²) in [6, 6.07) is 13.8. The number of nitrogens with zero attached hydrogens (tertiary/aromatic N) is 1. The highest BCUT2D eigenvalue weighted by atomic mass is 16.5. The Morgan fingerprint density at radius 2 is 1.62 bits per heavy atom. The summed E-state index contributed by atoms with van der Waals surface area (Å²) in [6.45, 7) is 9.71. The number of urea groups is 1. The predicted octanol–water partition coefficient (Wildman–Crippen LogP) is 3.80. The Morgan fingerprint density at radius 3 is 2.28 bits per heavy atom. The molecular weight excluding hydrogens is 368 g/mol. The van der Waals surface area contributed by atoms with Gasteiger partial charge in [0.25, 0.3) is 5.91 Å². The van der Waals surface area contributed by atoms with Crippen LogP contribution in [0.25, 0.3) is 0 Å². The maximum Gasteiger partial charge on any atom is 0.323 e. The van der Waals surface area contributed by atoms with Gasteiger partial charge in [0.15, 0.2) is 0 Å². The second kappa shape index (κ2) is 11.7. The quantitative estimate of drug-likeness (QED) is 0.568. The molecule has 29 heavy (non-hydrogen) atoms. The van der Waals surface area contributed by atoms with Crippen LogP contribution < -0.4 is 20.7 Å². The molecule has 0 spiro atoms. The van der Waals surface area contributed by atoms with Crippen molar-refractivity contribution in [3.8, 4) is 5.75 Å². The van der Waals surface area contributed by atoms with Gasteiger partial charge in [-0.25, -0.2) is 4.79 Å². The molecule has 0 radical (unpaired) electrons. The number of amides is 3. The predicted molar refractivity (Wildman–Crippen MR) is 117 cm³/mol. The minimum absolute atomic E-state index is 0.194. The summed E-state index contributed by atoms with van der Waals surface area (Å²) in [7, 11) is 0. The summed E-state index contributed by atoms with van der Waals surface area (Å²) in [5.74, 6) is 0.242. The van der Waals surface area contributed by atoms with Crippen LogP contribution in [0.2, 0.25) is 0 Å². The van der Waals surface area contributed by atoms with Crippen LogP contribution >= 0.6 is 0 Å². The van der Waals surface area contributed by atoms with E-state index in [2.05, 4.69) is 34.7 Å². The first-order valence-electron chi connectivity index (χ1n) is 9.97. The number of rotatable bonds is 10. The Balaban J connectivity index is 2.01. The van der Waals surface area contributed by atoms with Crippen molar-refractivity contribution in [2.75, 3.05) is 43.4 Å². The summed E-state index contributed by atoms with van der Waals surface area (Å²) >= 11 is 0. The average Bonchev–Trinajstić information content (AvgIpc) is 2.72. The average molecular weight is 399 g/mol. The smallest absolute Gasteiger partial charge is 0.323 e. The summed E-state index contributed by atoms with van der Waals surface area (Å²) in [5.41, 5.74) is 1.68. The van der Waals surface area contributed by atoms with Crippen molar-refractivity contribution in [1.82, 2.24) is 10.2 Å². The molecule has 156 valence electrons. The van der Waals surface area contributed by atoms with Gasteiger partial charge in [-0.05, 0) is 44.3 Å². The molecule has 0 heterocycles. The maximum absolute atomic E-state index is 12.6. The highest BCUT2D eigenvalue weighted by Crippen LogP contribution is 2.24. The third-order valence-electron chi connectivity index (χ3n) is 4.42. The summed E-state index contributed by atoms with van der Waals surface area (Å²) in [6.07, 6.45) is 0. The number of hydrogen-bond acceptors (Lipinski definition) is 4. The van der Waals surface area contributed by atoms with Crippen LogP contribution in [0.3, 0.4) is 0 Å². The molecular formula is C22H30N4O3. The van der Waals surface area contributed by atoms with Crippen molar-refractivity contribution < 1.29 is 14.3 Å². The van der Waals surface area contributed by atoms with Gasteiger partial charge in [0, 0.05) is 30.5 Å². The minimum Gasteiger partial charge on any atom is -0.493 e. The summed E-state index contributed by atoms with van der Waals surface area (Å²) in [5, 5.41) is 8.44. The lowest BCUT2D eigenvalue weighted by Crippen LogP contribution is -2.35. The zero-order valence-corrected chi connectivity index (χ0v) is 17.3. The third-order valence-corrected chi connectivity index (χ3v) is 4.42. The molecule has 0 unspecified atom stereocenters. The van der Waals surface area contributed by atoms with Gasteiger partial charge in [0.2, 0.25) is 0 Å². The lowest BCUT2D eigenvalue weighted by molar-refractivity contribution is 0.0945. The fourth-order valence-electron chi connectivity index (χ4n) is 2.84. The van der Waals surface area contributed by atoms with E-state index in [1.807, 2.05) is 25.1 Å². The van der Waals surface area contributed by atoms with Crippen molar-refractivity contribution in [2.24, 2.45) is 0 Å². The van der Waals surface area contributed by atoms with Crippen LogP contribution in [0.1, 0.15) is 31.1 Å². The molecule has 7 nitrogen and oxygen atoms in total. The minimum atomic E-state index is -0.366. The van der Waals surface area contributed by atoms with Crippen LogP contribution in [-0.4, -0.2) is 49.6 Å². The lowest BCUT2D eigenvalue weighted by Gasteiger charge is -2.18. The van der Waals surface area contributed by atoms with Gasteiger partial charge in [-0.1, -0.05) is 32.0 Å². The van der Waals surface area contributed by atoms with Gasteiger partial charge >= 0.3 is 6.03 Å². The van der Waals surface area contributed by atoms with Crippen LogP contribution in [0, 0.1) is 0 Å². The molecule has 2 aromatic rings. The van der Waals surface area contributed by atoms with Crippen LogP contribution in [0.5, 0.6) is 5.75 Å². The van der Waals surface area contributed by atoms with Gasteiger partial charge in [-0.3, -0.25) is 4.79 Å². The zero-order valence-electron chi connectivity index (χ0n) is 17.3. The number of anilines is 2. The fourth-order valence-corrected chi connectivity index (χ4v) is 2.84. The van der Waals surface area contributed by atoms with Crippen LogP contribution in [0.4, 0.5) is 16.2 Å². The monoisotopic (exact) mass is 398 g/mol. The summed E-state index contributed by atoms with van der Waals surface area (Å²) < 4.78 is 5.63. The first kappa shape index (κ1) is 22.2. The van der Waals surface area contributed by atoms with E-state index in [0.717, 1.165) is 19.6 Å². The molecule has 0 aromatic heterocycles. The molecule has 0 atom stereocenters. The number of benzene rings is 2. The van der Waals surface area contributed by atoms with E-state index in [0.29, 0.717) is 35.8 Å². The second-order valence-electron chi connectivity index (χ2n) is 6.37. The molecule has 0 bridgehead atoms. The van der Waals surface area contributed by atoms with Gasteiger partial charge in [0.1, 0.15) is 5.75 Å². The SMILES string of the molecule is CCOc1cc(NC(=O)Nc2ccccc2)ccc1C(=O)NCCN(CC)CC. The Bertz CT molecular complexity index is 792. The van der Waals surface area contributed by atoms with E-state index in [1.54, 1.807) is 30.3 Å². The third kappa shape index (κ3) is 7.12. The Hall–Kier alpha value is -3.06. The van der Waals surface area contributed by atoms with Crippen molar-refractivity contribution in [3.63, 3.8) is 0 Å². The lowest BCUT2D eigenvalue weighted by atomic mass is 10.1. The highest BCUT2D eigenvalue weighted by Gasteiger charge is 2.14. The first-order chi connectivity index (χ1) is 14.1. The number of likely N-dealkylation sites (N-methyl/N-ethyl adjacent to an activating group) is 1. The van der Waals surface area contributed by atoms with Gasteiger partial charge in [-0.2, -0.15) is 0 Å². The number of carbonyl (C=O) groups is 2. The molecule has 0 fully saturated rings. The van der Waals surface area contributed by atoms with Gasteiger partial charge < -0.3 is 25.6 Å². The number of ether oxygens (including phenoxy) is 1. The van der Waals surface area contributed by atoms with E-state index < -0.39 is 0 Å². The molecule has 0 aliphatic rings. The molecule has 0 saturated carbocycles. The number of para-hydroxylation sites is 1. The topological polar surface area (TPSA) is 82.7 Å². The maximum atomic E-state index is 12.6. The molecule has 3 amide bonds. The fraction of sp³-hybridized carbons (Fsp3) is 0.364. The zero-order chi connectivity index (χ0) is 21.1. The summed E-state index contributed by atoms with van der Waals surface area (Å²) in [4.78, 5) is 27.0. The largest absolute Gasteiger partial charge is 0.493 e. The van der Waals surface area contributed by atoms with Crippen molar-refractivity contribution in [2.45, 2.75) is 20.8 Å². The van der Waals surface area contributed by atoms with E-state index in [1.165, 1.54) is 0 Å². The Labute approximate surface area is 172 Å². The molecule has 3 N–H and O–H groups in total. The molecule has 0 aliphatic heterocycles. The van der Waals surface area contributed by atoms with E-state index in [4.69, 9.17) is 4.74 Å². The van der Waals surface area contributed by atoms with E-state index >= 15 is 0 Å². The van der Waals surface area contributed by atoms with Gasteiger partial charge in [0.05, 0.1) is 12.2 Å². The number of hydrogen-bond donors (Lipinski definition) is 3. The number of nitrogens with one attached hydrogen (secondary N) is 3. The highest BCUT2D eigenvalue weighted by molar-refractivity contribution is 6.01. The Morgan fingerprint density at radius 1 is 0.931 bits per heavy atom. The standard InChI is InChI=1S/C22H30N4O3/c1-4-26(5-2)15-14-23-21(27)19-13-12-18(16-20(19)29-6-3)25-22(28)24-17-10-8-7-9-11-17/h7-13,16H,4-6,14-15H2,1-3H3,(H,23,27)(H2,24,25,28). The molecule has 7 heteroatoms. The molecule has 2 rings (SSSR count). The van der Waals surface area contributed by atoms with Crippen LogP contribution in [0.15, 0.2) is 48.5 Å².